The van der Waals surface area contributed by atoms with Crippen LogP contribution >= 0.6 is 11.3 Å². The normalized spacial score (nSPS) is 22.9. The third-order valence-electron chi connectivity index (χ3n) is 4.58. The Morgan fingerprint density at radius 3 is 2.60 bits per heavy atom. The summed E-state index contributed by atoms with van der Waals surface area (Å²) in [6.07, 6.45) is 0. The second kappa shape index (κ2) is 6.09. The van der Waals surface area contributed by atoms with Gasteiger partial charge in [-0.3, -0.25) is 0 Å². The molecule has 2 heterocycles. The summed E-state index contributed by atoms with van der Waals surface area (Å²) in [5.74, 6) is 1.21. The lowest BCUT2D eigenvalue weighted by Crippen LogP contribution is -2.27. The van der Waals surface area contributed by atoms with Crippen molar-refractivity contribution in [2.75, 3.05) is 0 Å². The van der Waals surface area contributed by atoms with Gasteiger partial charge < -0.3 is 4.52 Å². The molecule has 5 nitrogen and oxygen atoms in total. The number of thiophene rings is 1. The summed E-state index contributed by atoms with van der Waals surface area (Å²) < 4.78 is 33.6. The van der Waals surface area contributed by atoms with Gasteiger partial charge >= 0.3 is 0 Å². The number of hydrogen-bond acceptors (Lipinski definition) is 5. The van der Waals surface area contributed by atoms with Crippen LogP contribution in [0.15, 0.2) is 57.3 Å². The van der Waals surface area contributed by atoms with E-state index < -0.39 is 10.0 Å². The Labute approximate surface area is 150 Å². The average Bonchev–Trinajstić information content (AvgIpc) is 3.02. The topological polar surface area (TPSA) is 72.2 Å². The van der Waals surface area contributed by atoms with Crippen molar-refractivity contribution in [2.45, 2.75) is 30.0 Å². The van der Waals surface area contributed by atoms with Crippen molar-refractivity contribution < 1.29 is 12.9 Å². The Hall–Kier alpha value is -1.96. The van der Waals surface area contributed by atoms with Gasteiger partial charge in [-0.2, -0.15) is 0 Å². The predicted octanol–water partition coefficient (Wildman–Crippen LogP) is 3.79. The molecule has 3 aromatic rings. The molecule has 1 aromatic carbocycles. The van der Waals surface area contributed by atoms with Crippen LogP contribution in [-0.4, -0.2) is 19.6 Å². The quantitative estimate of drug-likeness (QED) is 0.737. The monoisotopic (exact) mass is 374 g/mol. The van der Waals surface area contributed by atoms with Crippen LogP contribution in [0.4, 0.5) is 0 Å². The molecule has 0 unspecified atom stereocenters. The van der Waals surface area contributed by atoms with Crippen molar-refractivity contribution in [1.29, 1.82) is 0 Å². The van der Waals surface area contributed by atoms with Crippen LogP contribution in [0.3, 0.4) is 0 Å². The molecule has 1 saturated carbocycles. The van der Waals surface area contributed by atoms with Crippen molar-refractivity contribution in [1.82, 2.24) is 9.88 Å². The van der Waals surface area contributed by atoms with Crippen molar-refractivity contribution >= 4 is 21.4 Å². The van der Waals surface area contributed by atoms with E-state index in [2.05, 4.69) is 16.8 Å². The first-order valence-electron chi connectivity index (χ1n) is 8.06. The third kappa shape index (κ3) is 3.15. The van der Waals surface area contributed by atoms with Gasteiger partial charge in [-0.05, 0) is 30.5 Å². The van der Waals surface area contributed by atoms with E-state index in [0.717, 1.165) is 4.88 Å². The summed E-state index contributed by atoms with van der Waals surface area (Å²) in [4.78, 5) is 0.778. The highest BCUT2D eigenvalue weighted by molar-refractivity contribution is 7.91. The number of nitrogens with zero attached hydrogens (tertiary/aromatic N) is 1. The van der Waals surface area contributed by atoms with E-state index in [0.29, 0.717) is 15.7 Å². The summed E-state index contributed by atoms with van der Waals surface area (Å²) in [6, 6.07) is 15.1. The van der Waals surface area contributed by atoms with Crippen LogP contribution in [0.5, 0.6) is 0 Å². The fourth-order valence-electron chi connectivity index (χ4n) is 3.15. The first-order valence-corrected chi connectivity index (χ1v) is 10.4. The highest BCUT2D eigenvalue weighted by Gasteiger charge is 2.49. The minimum Gasteiger partial charge on any atom is -0.361 e. The number of benzene rings is 1. The zero-order valence-electron chi connectivity index (χ0n) is 13.8. The molecular weight excluding hydrogens is 356 g/mol. The van der Waals surface area contributed by atoms with Crippen LogP contribution in [0.1, 0.15) is 24.2 Å². The fourth-order valence-corrected chi connectivity index (χ4v) is 5.78. The maximum absolute atomic E-state index is 12.7. The lowest BCUT2D eigenvalue weighted by molar-refractivity contribution is 0.400. The Morgan fingerprint density at radius 2 is 1.92 bits per heavy atom. The molecule has 0 amide bonds. The van der Waals surface area contributed by atoms with Crippen LogP contribution in [-0.2, 0) is 10.0 Å². The van der Waals surface area contributed by atoms with Crippen molar-refractivity contribution in [3.63, 3.8) is 0 Å². The molecule has 0 radical (unpaired) electrons. The van der Waals surface area contributed by atoms with Crippen LogP contribution in [0.25, 0.3) is 10.6 Å². The smallest absolute Gasteiger partial charge is 0.250 e. The van der Waals surface area contributed by atoms with E-state index in [-0.39, 0.29) is 17.9 Å². The summed E-state index contributed by atoms with van der Waals surface area (Å²) >= 11 is 1.20. The van der Waals surface area contributed by atoms with E-state index in [1.165, 1.54) is 16.9 Å². The van der Waals surface area contributed by atoms with Crippen molar-refractivity contribution in [3.8, 4) is 10.6 Å². The van der Waals surface area contributed by atoms with Gasteiger partial charge in [0.1, 0.15) is 15.7 Å². The Morgan fingerprint density at radius 1 is 1.16 bits per heavy atom. The number of rotatable bonds is 5. The van der Waals surface area contributed by atoms with E-state index >= 15 is 0 Å². The third-order valence-corrected chi connectivity index (χ3v) is 7.64. The summed E-state index contributed by atoms with van der Waals surface area (Å²) in [5.41, 5.74) is 1.83. The Kier molecular flexibility index (Phi) is 4.02. The highest BCUT2D eigenvalue weighted by atomic mass is 32.2. The standard InChI is InChI=1S/C18H18N2O3S2/c1-11-10-14(19-23-11)15-8-9-16(24-15)25(21,22)20-18-12(2)17(18)13-6-4-3-5-7-13/h3-10,12,17-18,20H,1-2H3/t12-,17-,18+/m1/s1. The maximum atomic E-state index is 12.7. The summed E-state index contributed by atoms with van der Waals surface area (Å²) in [5, 5.41) is 3.94. The van der Waals surface area contributed by atoms with Gasteiger partial charge in [0.25, 0.3) is 0 Å². The van der Waals surface area contributed by atoms with Crippen molar-refractivity contribution in [3.05, 3.63) is 59.9 Å². The van der Waals surface area contributed by atoms with E-state index in [1.807, 2.05) is 37.3 Å². The summed E-state index contributed by atoms with van der Waals surface area (Å²) in [7, 11) is -3.54. The minimum absolute atomic E-state index is 0.0627. The number of aryl methyl sites for hydroxylation is 1. The number of sulfonamides is 1. The van der Waals surface area contributed by atoms with Gasteiger partial charge in [0.2, 0.25) is 10.0 Å². The second-order valence-electron chi connectivity index (χ2n) is 6.38. The van der Waals surface area contributed by atoms with E-state index in [9.17, 15) is 8.42 Å². The molecule has 0 aliphatic heterocycles. The zero-order chi connectivity index (χ0) is 17.6. The molecule has 2 aromatic heterocycles. The van der Waals surface area contributed by atoms with Gasteiger partial charge in [0.05, 0.1) is 4.88 Å². The molecule has 4 rings (SSSR count). The molecule has 1 aliphatic carbocycles. The molecule has 1 N–H and O–H groups in total. The molecule has 1 fully saturated rings. The maximum Gasteiger partial charge on any atom is 0.250 e. The Balaban J connectivity index is 1.52. The largest absolute Gasteiger partial charge is 0.361 e. The number of hydrogen-bond donors (Lipinski definition) is 1. The van der Waals surface area contributed by atoms with Crippen LogP contribution in [0.2, 0.25) is 0 Å². The molecule has 0 bridgehead atoms. The summed E-state index contributed by atoms with van der Waals surface area (Å²) in [6.45, 7) is 3.88. The minimum atomic E-state index is -3.54. The average molecular weight is 374 g/mol. The molecule has 25 heavy (non-hydrogen) atoms. The number of aromatic nitrogens is 1. The van der Waals surface area contributed by atoms with E-state index in [1.54, 1.807) is 18.2 Å². The molecule has 1 aliphatic rings. The second-order valence-corrected chi connectivity index (χ2v) is 9.41. The SMILES string of the molecule is Cc1cc(-c2ccc(S(=O)(=O)N[C@H]3[C@H](C)[C@@H]3c3ccccc3)s2)no1. The predicted molar refractivity (Wildman–Crippen MR) is 97.0 cm³/mol. The van der Waals surface area contributed by atoms with E-state index in [4.69, 9.17) is 4.52 Å². The molecule has 130 valence electrons. The molecule has 3 atom stereocenters. The first kappa shape index (κ1) is 16.5. The van der Waals surface area contributed by atoms with Crippen LogP contribution < -0.4 is 4.72 Å². The number of nitrogens with one attached hydrogen (secondary N) is 1. The van der Waals surface area contributed by atoms with Gasteiger partial charge in [-0.15, -0.1) is 11.3 Å². The van der Waals surface area contributed by atoms with Gasteiger partial charge in [0.15, 0.2) is 0 Å². The van der Waals surface area contributed by atoms with Gasteiger partial charge in [-0.25, -0.2) is 13.1 Å². The van der Waals surface area contributed by atoms with Gasteiger partial charge in [-0.1, -0.05) is 42.4 Å². The lowest BCUT2D eigenvalue weighted by atomic mass is 10.1. The van der Waals surface area contributed by atoms with Gasteiger partial charge in [0, 0.05) is 18.0 Å². The fraction of sp³-hybridized carbons (Fsp3) is 0.278. The molecule has 7 heteroatoms. The van der Waals surface area contributed by atoms with Crippen molar-refractivity contribution in [2.24, 2.45) is 5.92 Å². The van der Waals surface area contributed by atoms with Crippen LogP contribution in [0, 0.1) is 12.8 Å². The first-order chi connectivity index (χ1) is 12.0. The highest BCUT2D eigenvalue weighted by Crippen LogP contribution is 2.48. The molecule has 0 saturated heterocycles. The molecule has 0 spiro atoms. The zero-order valence-corrected chi connectivity index (χ0v) is 15.5. The Bertz CT molecular complexity index is 992. The molecular formula is C18H18N2O3S2. The lowest BCUT2D eigenvalue weighted by Gasteiger charge is -2.04.